The second kappa shape index (κ2) is 9.49. The van der Waals surface area contributed by atoms with Gasteiger partial charge in [-0.3, -0.25) is 4.79 Å². The average molecular weight is 432 g/mol. The number of nitriles is 1. The summed E-state index contributed by atoms with van der Waals surface area (Å²) in [6, 6.07) is 12.3. The summed E-state index contributed by atoms with van der Waals surface area (Å²) in [6.07, 6.45) is 3.60. The van der Waals surface area contributed by atoms with E-state index in [9.17, 15) is 10.1 Å². The van der Waals surface area contributed by atoms with Crippen molar-refractivity contribution in [2.75, 3.05) is 19.8 Å². The molecule has 1 fully saturated rings. The molecule has 7 nitrogen and oxygen atoms in total. The third-order valence-corrected chi connectivity index (χ3v) is 6.06. The minimum Gasteiger partial charge on any atom is -0.381 e. The Morgan fingerprint density at radius 1 is 1.31 bits per heavy atom. The number of fused-ring (bicyclic) bond motifs is 1. The fourth-order valence-electron chi connectivity index (χ4n) is 4.34. The number of benzene rings is 1. The van der Waals surface area contributed by atoms with Crippen LogP contribution in [0.4, 0.5) is 0 Å². The highest BCUT2D eigenvalue weighted by Crippen LogP contribution is 2.30. The van der Waals surface area contributed by atoms with Crippen molar-refractivity contribution in [2.45, 2.75) is 52.1 Å². The molecule has 0 radical (unpaired) electrons. The Bertz CT molecular complexity index is 1150. The number of amides is 1. The number of carbonyl (C=O) groups excluding carboxylic acids is 1. The van der Waals surface area contributed by atoms with E-state index in [2.05, 4.69) is 25.0 Å². The standard InChI is InChI=1S/C25H29N5O2/c1-17(2)30-24-22(16-27-30)21(15-23(28-24)20-8-5-4-7-18(20)3)25(31)29(12-6-11-26)19-9-13-32-14-10-19/h4-5,7-8,15-17,19H,6,9-10,12-14H2,1-3H3. The molecule has 166 valence electrons. The van der Waals surface area contributed by atoms with Crippen LogP contribution in [0, 0.1) is 18.3 Å². The fourth-order valence-corrected chi connectivity index (χ4v) is 4.34. The van der Waals surface area contributed by atoms with Crippen molar-refractivity contribution in [1.82, 2.24) is 19.7 Å². The molecule has 32 heavy (non-hydrogen) atoms. The Morgan fingerprint density at radius 3 is 2.75 bits per heavy atom. The molecule has 0 aliphatic carbocycles. The van der Waals surface area contributed by atoms with Gasteiger partial charge in [-0.25, -0.2) is 9.67 Å². The van der Waals surface area contributed by atoms with Crippen LogP contribution in [0.25, 0.3) is 22.3 Å². The molecule has 1 aliphatic heterocycles. The van der Waals surface area contributed by atoms with E-state index in [1.54, 1.807) is 6.20 Å². The highest BCUT2D eigenvalue weighted by atomic mass is 16.5. The monoisotopic (exact) mass is 431 g/mol. The van der Waals surface area contributed by atoms with Gasteiger partial charge in [-0.2, -0.15) is 10.4 Å². The molecule has 7 heteroatoms. The van der Waals surface area contributed by atoms with Crippen LogP contribution in [0.5, 0.6) is 0 Å². The summed E-state index contributed by atoms with van der Waals surface area (Å²) in [4.78, 5) is 20.7. The van der Waals surface area contributed by atoms with Gasteiger partial charge >= 0.3 is 0 Å². The number of ether oxygens (including phenoxy) is 1. The van der Waals surface area contributed by atoms with Crippen LogP contribution in [0.1, 0.15) is 55.1 Å². The van der Waals surface area contributed by atoms with Crippen LogP contribution >= 0.6 is 0 Å². The number of aryl methyl sites for hydroxylation is 1. The zero-order chi connectivity index (χ0) is 22.7. The van der Waals surface area contributed by atoms with Crippen molar-refractivity contribution in [3.05, 3.63) is 47.7 Å². The lowest BCUT2D eigenvalue weighted by Gasteiger charge is -2.34. The van der Waals surface area contributed by atoms with E-state index < -0.39 is 0 Å². The molecule has 3 aromatic rings. The maximum absolute atomic E-state index is 13.9. The zero-order valence-electron chi connectivity index (χ0n) is 18.9. The number of carbonyl (C=O) groups is 1. The number of pyridine rings is 1. The van der Waals surface area contributed by atoms with Crippen LogP contribution in [0.2, 0.25) is 0 Å². The van der Waals surface area contributed by atoms with Gasteiger partial charge in [0.2, 0.25) is 0 Å². The molecule has 2 aromatic heterocycles. The predicted octanol–water partition coefficient (Wildman–Crippen LogP) is 4.52. The van der Waals surface area contributed by atoms with Crippen LogP contribution in [-0.2, 0) is 4.74 Å². The van der Waals surface area contributed by atoms with Crippen molar-refractivity contribution in [2.24, 2.45) is 0 Å². The van der Waals surface area contributed by atoms with Crippen LogP contribution < -0.4 is 0 Å². The molecule has 0 N–H and O–H groups in total. The van der Waals surface area contributed by atoms with Crippen molar-refractivity contribution in [3.8, 4) is 17.3 Å². The second-order valence-electron chi connectivity index (χ2n) is 8.54. The molecule has 1 aromatic carbocycles. The summed E-state index contributed by atoms with van der Waals surface area (Å²) in [6.45, 7) is 7.82. The lowest BCUT2D eigenvalue weighted by Crippen LogP contribution is -2.44. The third kappa shape index (κ3) is 4.23. The van der Waals surface area contributed by atoms with E-state index in [0.29, 0.717) is 37.4 Å². The number of nitrogens with zero attached hydrogens (tertiary/aromatic N) is 5. The van der Waals surface area contributed by atoms with E-state index in [1.165, 1.54) is 0 Å². The molecule has 0 bridgehead atoms. The average Bonchev–Trinajstić information content (AvgIpc) is 3.24. The quantitative estimate of drug-likeness (QED) is 0.573. The summed E-state index contributed by atoms with van der Waals surface area (Å²) >= 11 is 0. The SMILES string of the molecule is Cc1ccccc1-c1cc(C(=O)N(CCC#N)C2CCOCC2)c2cnn(C(C)C)c2n1. The molecule has 0 spiro atoms. The zero-order valence-corrected chi connectivity index (χ0v) is 18.9. The Balaban J connectivity index is 1.86. The molecule has 4 rings (SSSR count). The van der Waals surface area contributed by atoms with Crippen molar-refractivity contribution < 1.29 is 9.53 Å². The summed E-state index contributed by atoms with van der Waals surface area (Å²) in [5.74, 6) is -0.0716. The van der Waals surface area contributed by atoms with Gasteiger partial charge in [0.15, 0.2) is 5.65 Å². The maximum atomic E-state index is 13.9. The van der Waals surface area contributed by atoms with E-state index in [4.69, 9.17) is 9.72 Å². The Morgan fingerprint density at radius 2 is 2.06 bits per heavy atom. The van der Waals surface area contributed by atoms with Gasteiger partial charge < -0.3 is 9.64 Å². The molecular formula is C25H29N5O2. The summed E-state index contributed by atoms with van der Waals surface area (Å²) < 4.78 is 7.37. The molecule has 0 atom stereocenters. The van der Waals surface area contributed by atoms with E-state index in [-0.39, 0.29) is 18.0 Å². The first-order chi connectivity index (χ1) is 15.5. The van der Waals surface area contributed by atoms with Crippen LogP contribution in [0.3, 0.4) is 0 Å². The van der Waals surface area contributed by atoms with Crippen molar-refractivity contribution in [3.63, 3.8) is 0 Å². The van der Waals surface area contributed by atoms with Crippen LogP contribution in [0.15, 0.2) is 36.5 Å². The molecule has 0 saturated carbocycles. The Kier molecular flexibility index (Phi) is 6.52. The Hall–Kier alpha value is -3.24. The third-order valence-electron chi connectivity index (χ3n) is 6.06. The second-order valence-corrected chi connectivity index (χ2v) is 8.54. The highest BCUT2D eigenvalue weighted by Gasteiger charge is 2.29. The van der Waals surface area contributed by atoms with Gasteiger partial charge in [-0.1, -0.05) is 24.3 Å². The minimum atomic E-state index is -0.0716. The lowest BCUT2D eigenvalue weighted by molar-refractivity contribution is 0.0297. The van der Waals surface area contributed by atoms with Gasteiger partial charge in [0.1, 0.15) is 0 Å². The summed E-state index contributed by atoms with van der Waals surface area (Å²) in [7, 11) is 0. The minimum absolute atomic E-state index is 0.0647. The molecule has 3 heterocycles. The summed E-state index contributed by atoms with van der Waals surface area (Å²) in [5.41, 5.74) is 4.14. The van der Waals surface area contributed by atoms with Crippen molar-refractivity contribution in [1.29, 1.82) is 5.26 Å². The van der Waals surface area contributed by atoms with Crippen molar-refractivity contribution >= 4 is 16.9 Å². The number of hydrogen-bond acceptors (Lipinski definition) is 5. The van der Waals surface area contributed by atoms with Gasteiger partial charge in [0.05, 0.1) is 35.3 Å². The summed E-state index contributed by atoms with van der Waals surface area (Å²) in [5, 5.41) is 14.5. The number of hydrogen-bond donors (Lipinski definition) is 0. The van der Waals surface area contributed by atoms with Gasteiger partial charge in [0, 0.05) is 37.4 Å². The molecule has 1 amide bonds. The van der Waals surface area contributed by atoms with E-state index >= 15 is 0 Å². The smallest absolute Gasteiger partial charge is 0.255 e. The van der Waals surface area contributed by atoms with Gasteiger partial charge in [-0.05, 0) is 45.2 Å². The number of aromatic nitrogens is 3. The van der Waals surface area contributed by atoms with Gasteiger partial charge in [-0.15, -0.1) is 0 Å². The van der Waals surface area contributed by atoms with E-state index in [1.807, 2.05) is 46.8 Å². The topological polar surface area (TPSA) is 84.0 Å². The van der Waals surface area contributed by atoms with E-state index in [0.717, 1.165) is 35.0 Å². The fraction of sp³-hybridized carbons (Fsp3) is 0.440. The first-order valence-corrected chi connectivity index (χ1v) is 11.2. The highest BCUT2D eigenvalue weighted by molar-refractivity contribution is 6.06. The maximum Gasteiger partial charge on any atom is 0.255 e. The first-order valence-electron chi connectivity index (χ1n) is 11.2. The first kappa shape index (κ1) is 22.0. The molecular weight excluding hydrogens is 402 g/mol. The van der Waals surface area contributed by atoms with Gasteiger partial charge in [0.25, 0.3) is 5.91 Å². The lowest BCUT2D eigenvalue weighted by atomic mass is 10.0. The molecule has 0 unspecified atom stereocenters. The normalized spacial score (nSPS) is 14.6. The Labute approximate surface area is 188 Å². The van der Waals surface area contributed by atoms with Crippen LogP contribution in [-0.4, -0.2) is 51.4 Å². The molecule has 1 aliphatic rings. The predicted molar refractivity (Wildman–Crippen MR) is 123 cm³/mol. The largest absolute Gasteiger partial charge is 0.381 e. The number of rotatable bonds is 6. The molecule has 1 saturated heterocycles.